The Labute approximate surface area is 114 Å². The van der Waals surface area contributed by atoms with E-state index in [0.29, 0.717) is 6.04 Å². The Morgan fingerprint density at radius 1 is 1.32 bits per heavy atom. The number of benzene rings is 1. The van der Waals surface area contributed by atoms with Crippen molar-refractivity contribution in [2.75, 3.05) is 0 Å². The molecule has 2 aromatic rings. The highest BCUT2D eigenvalue weighted by molar-refractivity contribution is 5.31. The van der Waals surface area contributed by atoms with Crippen molar-refractivity contribution in [3.63, 3.8) is 0 Å². The normalized spacial score (nSPS) is 18.9. The number of imidazole rings is 1. The summed E-state index contributed by atoms with van der Waals surface area (Å²) in [6.07, 6.45) is 8.90. The highest BCUT2D eigenvalue weighted by Gasteiger charge is 2.17. The van der Waals surface area contributed by atoms with Crippen LogP contribution >= 0.6 is 0 Å². The van der Waals surface area contributed by atoms with Gasteiger partial charge in [-0.2, -0.15) is 0 Å². The lowest BCUT2D eigenvalue weighted by Gasteiger charge is -2.19. The minimum absolute atomic E-state index is 0.468. The minimum atomic E-state index is 0.468. The van der Waals surface area contributed by atoms with E-state index in [-0.39, 0.29) is 0 Å². The van der Waals surface area contributed by atoms with Crippen LogP contribution < -0.4 is 5.32 Å². The number of nitrogens with zero attached hydrogens (tertiary/aromatic N) is 2. The molecule has 3 rings (SSSR count). The first kappa shape index (κ1) is 12.4. The van der Waals surface area contributed by atoms with Crippen molar-refractivity contribution >= 4 is 0 Å². The lowest BCUT2D eigenvalue weighted by Crippen LogP contribution is -2.22. The highest BCUT2D eigenvalue weighted by atomic mass is 15.1. The maximum atomic E-state index is 4.38. The van der Waals surface area contributed by atoms with Crippen LogP contribution in [-0.2, 0) is 20.0 Å². The Morgan fingerprint density at radius 2 is 2.21 bits per heavy atom. The van der Waals surface area contributed by atoms with Gasteiger partial charge in [-0.1, -0.05) is 30.7 Å². The summed E-state index contributed by atoms with van der Waals surface area (Å²) in [6.45, 7) is 0.836. The van der Waals surface area contributed by atoms with E-state index in [1.54, 1.807) is 0 Å². The van der Waals surface area contributed by atoms with E-state index in [0.717, 1.165) is 12.4 Å². The van der Waals surface area contributed by atoms with E-state index in [1.807, 2.05) is 19.4 Å². The number of fused-ring (bicyclic) bond motifs is 1. The molecule has 0 spiro atoms. The van der Waals surface area contributed by atoms with Crippen molar-refractivity contribution in [1.82, 2.24) is 14.9 Å². The Morgan fingerprint density at radius 3 is 3.05 bits per heavy atom. The molecular weight excluding hydrogens is 234 g/mol. The van der Waals surface area contributed by atoms with Gasteiger partial charge in [0.05, 0.1) is 6.54 Å². The molecule has 100 valence electrons. The Hall–Kier alpha value is -1.61. The van der Waals surface area contributed by atoms with E-state index >= 15 is 0 Å². The average molecular weight is 255 g/mol. The van der Waals surface area contributed by atoms with Crippen molar-refractivity contribution in [1.29, 1.82) is 0 Å². The van der Waals surface area contributed by atoms with Crippen LogP contribution in [0.15, 0.2) is 36.7 Å². The summed E-state index contributed by atoms with van der Waals surface area (Å²) in [7, 11) is 2.05. The zero-order chi connectivity index (χ0) is 13.1. The number of hydrogen-bond acceptors (Lipinski definition) is 2. The predicted octanol–water partition coefficient (Wildman–Crippen LogP) is 2.98. The van der Waals surface area contributed by atoms with Crippen molar-refractivity contribution in [2.45, 2.75) is 38.3 Å². The number of aromatic nitrogens is 2. The Balaban J connectivity index is 1.75. The van der Waals surface area contributed by atoms with Crippen LogP contribution in [0.5, 0.6) is 0 Å². The molecule has 1 unspecified atom stereocenters. The molecule has 3 nitrogen and oxygen atoms in total. The van der Waals surface area contributed by atoms with Gasteiger partial charge < -0.3 is 9.88 Å². The molecule has 0 radical (unpaired) electrons. The van der Waals surface area contributed by atoms with Crippen LogP contribution in [0.3, 0.4) is 0 Å². The molecule has 0 amide bonds. The molecule has 19 heavy (non-hydrogen) atoms. The van der Waals surface area contributed by atoms with Gasteiger partial charge in [-0.3, -0.25) is 0 Å². The lowest BCUT2D eigenvalue weighted by atomic mass is 9.99. The van der Waals surface area contributed by atoms with Crippen LogP contribution in [0.25, 0.3) is 0 Å². The monoisotopic (exact) mass is 255 g/mol. The molecule has 0 aliphatic heterocycles. The van der Waals surface area contributed by atoms with Gasteiger partial charge in [0.2, 0.25) is 0 Å². The standard InChI is InChI=1S/C16H21N3/c1-19-11-10-17-16(19)12-18-15-9-5-3-7-13-6-2-4-8-14(13)15/h2,4,6,8,10-11,15,18H,3,5,7,9,12H2,1H3. The zero-order valence-corrected chi connectivity index (χ0v) is 11.5. The molecule has 1 N–H and O–H groups in total. The molecule has 0 fully saturated rings. The number of aryl methyl sites for hydroxylation is 2. The van der Waals surface area contributed by atoms with Gasteiger partial charge in [0.1, 0.15) is 5.82 Å². The van der Waals surface area contributed by atoms with Crippen molar-refractivity contribution in [3.8, 4) is 0 Å². The summed E-state index contributed by atoms with van der Waals surface area (Å²) < 4.78 is 2.08. The highest BCUT2D eigenvalue weighted by Crippen LogP contribution is 2.28. The second-order valence-electron chi connectivity index (χ2n) is 5.33. The summed E-state index contributed by atoms with van der Waals surface area (Å²) in [5.74, 6) is 1.10. The molecule has 1 aliphatic carbocycles. The quantitative estimate of drug-likeness (QED) is 0.855. The van der Waals surface area contributed by atoms with Gasteiger partial charge in [-0.25, -0.2) is 4.98 Å². The molecule has 3 heteroatoms. The molecule has 1 heterocycles. The van der Waals surface area contributed by atoms with Gasteiger partial charge in [-0.05, 0) is 30.4 Å². The van der Waals surface area contributed by atoms with E-state index in [9.17, 15) is 0 Å². The van der Waals surface area contributed by atoms with Crippen LogP contribution in [0.1, 0.15) is 42.3 Å². The van der Waals surface area contributed by atoms with Gasteiger partial charge in [0, 0.05) is 25.5 Å². The number of hydrogen-bond donors (Lipinski definition) is 1. The van der Waals surface area contributed by atoms with Gasteiger partial charge in [-0.15, -0.1) is 0 Å². The third-order valence-corrected chi connectivity index (χ3v) is 4.05. The van der Waals surface area contributed by atoms with E-state index < -0.39 is 0 Å². The summed E-state index contributed by atoms with van der Waals surface area (Å²) >= 11 is 0. The maximum absolute atomic E-state index is 4.38. The molecule has 0 saturated carbocycles. The van der Waals surface area contributed by atoms with Crippen LogP contribution in [0.2, 0.25) is 0 Å². The van der Waals surface area contributed by atoms with Crippen molar-refractivity contribution < 1.29 is 0 Å². The fourth-order valence-corrected chi connectivity index (χ4v) is 2.91. The van der Waals surface area contributed by atoms with Crippen LogP contribution in [0.4, 0.5) is 0 Å². The van der Waals surface area contributed by atoms with Crippen molar-refractivity contribution in [3.05, 3.63) is 53.6 Å². The van der Waals surface area contributed by atoms with Crippen LogP contribution in [-0.4, -0.2) is 9.55 Å². The summed E-state index contributed by atoms with van der Waals surface area (Å²) in [4.78, 5) is 4.38. The number of rotatable bonds is 3. The Bertz CT molecular complexity index is 544. The lowest BCUT2D eigenvalue weighted by molar-refractivity contribution is 0.476. The predicted molar refractivity (Wildman–Crippen MR) is 76.8 cm³/mol. The molecule has 1 aromatic heterocycles. The maximum Gasteiger partial charge on any atom is 0.122 e. The molecular formula is C16H21N3. The second kappa shape index (κ2) is 5.57. The zero-order valence-electron chi connectivity index (χ0n) is 11.5. The van der Waals surface area contributed by atoms with Crippen molar-refractivity contribution in [2.24, 2.45) is 7.05 Å². The van der Waals surface area contributed by atoms with E-state index in [2.05, 4.69) is 39.1 Å². The van der Waals surface area contributed by atoms with Gasteiger partial charge in [0.15, 0.2) is 0 Å². The fraction of sp³-hybridized carbons (Fsp3) is 0.438. The first-order valence-corrected chi connectivity index (χ1v) is 7.12. The summed E-state index contributed by atoms with van der Waals surface area (Å²) in [6, 6.07) is 9.32. The van der Waals surface area contributed by atoms with E-state index in [1.165, 1.54) is 36.8 Å². The molecule has 0 saturated heterocycles. The minimum Gasteiger partial charge on any atom is -0.337 e. The third kappa shape index (κ3) is 2.71. The first-order chi connectivity index (χ1) is 9.34. The molecule has 1 atom stereocenters. The fourth-order valence-electron chi connectivity index (χ4n) is 2.91. The number of nitrogens with one attached hydrogen (secondary N) is 1. The SMILES string of the molecule is Cn1ccnc1CNC1CCCCc2ccccc21. The molecule has 1 aromatic carbocycles. The smallest absolute Gasteiger partial charge is 0.122 e. The van der Waals surface area contributed by atoms with Gasteiger partial charge >= 0.3 is 0 Å². The van der Waals surface area contributed by atoms with E-state index in [4.69, 9.17) is 0 Å². The Kier molecular flexibility index (Phi) is 3.65. The van der Waals surface area contributed by atoms with Gasteiger partial charge in [0.25, 0.3) is 0 Å². The average Bonchev–Trinajstić information content (AvgIpc) is 2.73. The summed E-state index contributed by atoms with van der Waals surface area (Å²) in [5, 5.41) is 3.68. The second-order valence-corrected chi connectivity index (χ2v) is 5.33. The summed E-state index contributed by atoms with van der Waals surface area (Å²) in [5.41, 5.74) is 2.99. The van der Waals surface area contributed by atoms with Crippen LogP contribution in [0, 0.1) is 0 Å². The third-order valence-electron chi connectivity index (χ3n) is 4.05. The largest absolute Gasteiger partial charge is 0.337 e. The topological polar surface area (TPSA) is 29.9 Å². The first-order valence-electron chi connectivity index (χ1n) is 7.12. The molecule has 0 bridgehead atoms. The molecule has 1 aliphatic rings.